The number of cyclic esters (lactones) is 2. The van der Waals surface area contributed by atoms with E-state index in [0.717, 1.165) is 30.4 Å². The number of aliphatic hydroxyl groups is 1. The summed E-state index contributed by atoms with van der Waals surface area (Å²) >= 11 is 0. The SMILES string of the molecule is CCC(CC(C)(CC(C)(C)C(=O)OCC1CO1)C(=O)OCCO)c1ccccc1.CCC(CC(C)(CC(C)(C)C(=O)OCC1CO1)C(=O)OCCOC(=O)OCCCOC(C)=O)c1ccccc1.O=C1OCCCO1. The molecule has 19 heteroatoms. The number of epoxide rings is 2. The van der Waals surface area contributed by atoms with Crippen LogP contribution >= 0.6 is 0 Å². The average Bonchev–Trinajstić information content (AvgIpc) is 4.34. The van der Waals surface area contributed by atoms with Gasteiger partial charge in [0.15, 0.2) is 0 Å². The molecule has 0 aromatic heterocycles. The summed E-state index contributed by atoms with van der Waals surface area (Å²) in [5, 5.41) is 9.07. The molecule has 1 N–H and O–H groups in total. The lowest BCUT2D eigenvalue weighted by molar-refractivity contribution is -0.166. The average molecular weight is 1060 g/mol. The number of benzene rings is 2. The van der Waals surface area contributed by atoms with E-state index in [1.165, 1.54) is 6.92 Å². The Hall–Kier alpha value is -5.79. The summed E-state index contributed by atoms with van der Waals surface area (Å²) < 4.78 is 55.4. The fourth-order valence-electron chi connectivity index (χ4n) is 8.77. The van der Waals surface area contributed by atoms with Crippen LogP contribution in [0.5, 0.6) is 0 Å². The van der Waals surface area contributed by atoms with Crippen molar-refractivity contribution in [3.8, 4) is 0 Å². The molecule has 6 unspecified atom stereocenters. The van der Waals surface area contributed by atoms with Gasteiger partial charge in [-0.3, -0.25) is 24.0 Å². The maximum absolute atomic E-state index is 13.5. The van der Waals surface area contributed by atoms with Crippen molar-refractivity contribution >= 4 is 42.2 Å². The highest BCUT2D eigenvalue weighted by Gasteiger charge is 2.47. The zero-order valence-corrected chi connectivity index (χ0v) is 45.5. The summed E-state index contributed by atoms with van der Waals surface area (Å²) in [6.07, 6.45) is 2.82. The third kappa shape index (κ3) is 24.2. The van der Waals surface area contributed by atoms with Crippen LogP contribution in [0.1, 0.15) is 137 Å². The number of carbonyl (C=O) groups is 7. The molecule has 2 aromatic rings. The van der Waals surface area contributed by atoms with E-state index in [0.29, 0.717) is 45.7 Å². The fourth-order valence-corrected chi connectivity index (χ4v) is 8.77. The molecule has 75 heavy (non-hydrogen) atoms. The first-order chi connectivity index (χ1) is 35.6. The first kappa shape index (κ1) is 63.5. The van der Waals surface area contributed by atoms with E-state index < -0.39 is 57.8 Å². The molecule has 0 spiro atoms. The lowest BCUT2D eigenvalue weighted by atomic mass is 9.68. The number of esters is 5. The van der Waals surface area contributed by atoms with Crippen LogP contribution < -0.4 is 0 Å². The number of ether oxygens (including phenoxy) is 11. The molecule has 0 bridgehead atoms. The van der Waals surface area contributed by atoms with Crippen molar-refractivity contribution in [2.45, 2.75) is 138 Å². The molecule has 3 heterocycles. The van der Waals surface area contributed by atoms with Crippen molar-refractivity contribution in [1.29, 1.82) is 0 Å². The molecule has 6 atom stereocenters. The molecular weight excluding hydrogens is 977 g/mol. The van der Waals surface area contributed by atoms with Crippen molar-refractivity contribution < 1.29 is 90.8 Å². The predicted octanol–water partition coefficient (Wildman–Crippen LogP) is 8.60. The van der Waals surface area contributed by atoms with Gasteiger partial charge in [0.05, 0.1) is 67.9 Å². The van der Waals surface area contributed by atoms with Gasteiger partial charge in [-0.05, 0) is 103 Å². The number of aliphatic hydroxyl groups excluding tert-OH is 1. The van der Waals surface area contributed by atoms with Crippen LogP contribution in [0.15, 0.2) is 60.7 Å². The topological polar surface area (TPSA) is 248 Å². The van der Waals surface area contributed by atoms with Crippen molar-refractivity contribution in [2.75, 3.05) is 79.3 Å². The molecule has 3 saturated heterocycles. The van der Waals surface area contributed by atoms with Gasteiger partial charge in [0.25, 0.3) is 0 Å². The first-order valence-electron chi connectivity index (χ1n) is 25.9. The van der Waals surface area contributed by atoms with E-state index >= 15 is 0 Å². The molecule has 5 rings (SSSR count). The van der Waals surface area contributed by atoms with Crippen molar-refractivity contribution in [3.63, 3.8) is 0 Å². The second-order valence-electron chi connectivity index (χ2n) is 20.7. The second kappa shape index (κ2) is 31.9. The molecular formula is C56H82O19. The maximum Gasteiger partial charge on any atom is 0.508 e. The zero-order chi connectivity index (χ0) is 55.5. The Morgan fingerprint density at radius 3 is 1.35 bits per heavy atom. The standard InChI is InChI=1S/C29H42O10.C23H34O6.C4H6O3/c1-6-22(23-11-8-7-9-12-23)17-29(5,20-28(3,4)25(31)39-19-24-18-38-24)26(32)35-15-16-37-27(33)36-14-10-13-34-21(2)30;1-5-17(18-9-7-6-8-10-18)13-23(4,21(26)27-12-11-24)16-22(2,3)20(25)29-15-19-14-28-19;5-4-6-2-1-3-7-4/h7-9,11-12,22,24H,6,10,13-20H2,1-5H3;6-10,17,19,24H,5,11-16H2,1-4H3;1-3H2. The molecule has 0 saturated carbocycles. The Kier molecular flexibility index (Phi) is 27.0. The molecule has 3 fully saturated rings. The number of hydrogen-bond acceptors (Lipinski definition) is 19. The zero-order valence-electron chi connectivity index (χ0n) is 45.5. The molecule has 19 nitrogen and oxygen atoms in total. The van der Waals surface area contributed by atoms with Crippen LogP contribution in [0.2, 0.25) is 0 Å². The largest absolute Gasteiger partial charge is 0.508 e. The van der Waals surface area contributed by atoms with Crippen LogP contribution in [-0.4, -0.2) is 139 Å². The van der Waals surface area contributed by atoms with Crippen molar-refractivity contribution in [3.05, 3.63) is 71.8 Å². The third-order valence-electron chi connectivity index (χ3n) is 12.7. The van der Waals surface area contributed by atoms with E-state index in [1.54, 1.807) is 34.6 Å². The summed E-state index contributed by atoms with van der Waals surface area (Å²) in [4.78, 5) is 84.5. The monoisotopic (exact) mass is 1060 g/mol. The van der Waals surface area contributed by atoms with Gasteiger partial charge in [-0.2, -0.15) is 0 Å². The lowest BCUT2D eigenvalue weighted by Crippen LogP contribution is -2.40. The highest BCUT2D eigenvalue weighted by molar-refractivity contribution is 5.81. The number of carbonyl (C=O) groups excluding carboxylic acids is 7. The second-order valence-corrected chi connectivity index (χ2v) is 20.7. The smallest absolute Gasteiger partial charge is 0.466 e. The quantitative estimate of drug-likeness (QED) is 0.0346. The van der Waals surface area contributed by atoms with Crippen LogP contribution in [0.25, 0.3) is 0 Å². The van der Waals surface area contributed by atoms with Crippen LogP contribution in [0.3, 0.4) is 0 Å². The summed E-state index contributed by atoms with van der Waals surface area (Å²) in [5.41, 5.74) is -1.48. The van der Waals surface area contributed by atoms with Gasteiger partial charge in [0, 0.05) is 19.8 Å². The van der Waals surface area contributed by atoms with Crippen LogP contribution in [0.4, 0.5) is 9.59 Å². The van der Waals surface area contributed by atoms with Crippen LogP contribution in [0, 0.1) is 21.7 Å². The van der Waals surface area contributed by atoms with Crippen molar-refractivity contribution in [2.24, 2.45) is 21.7 Å². The van der Waals surface area contributed by atoms with E-state index in [-0.39, 0.29) is 95.7 Å². The Balaban J connectivity index is 0.000000359. The third-order valence-corrected chi connectivity index (χ3v) is 12.7. The van der Waals surface area contributed by atoms with Gasteiger partial charge in [-0.1, -0.05) is 74.5 Å². The molecule has 2 aromatic carbocycles. The van der Waals surface area contributed by atoms with E-state index in [4.69, 9.17) is 47.7 Å². The van der Waals surface area contributed by atoms with E-state index in [2.05, 4.69) is 35.5 Å². The minimum absolute atomic E-state index is 0.00166. The van der Waals surface area contributed by atoms with Crippen LogP contribution in [-0.2, 0) is 76.1 Å². The van der Waals surface area contributed by atoms with E-state index in [1.807, 2.05) is 55.5 Å². The van der Waals surface area contributed by atoms with E-state index in [9.17, 15) is 33.6 Å². The van der Waals surface area contributed by atoms with Gasteiger partial charge >= 0.3 is 42.2 Å². The highest BCUT2D eigenvalue weighted by Crippen LogP contribution is 2.45. The summed E-state index contributed by atoms with van der Waals surface area (Å²) in [6, 6.07) is 20.0. The van der Waals surface area contributed by atoms with Gasteiger partial charge in [-0.25, -0.2) is 9.59 Å². The Bertz CT molecular complexity index is 2060. The maximum atomic E-state index is 13.5. The van der Waals surface area contributed by atoms with Gasteiger partial charge < -0.3 is 57.2 Å². The number of hydrogen-bond donors (Lipinski definition) is 1. The molecule has 0 radical (unpaired) electrons. The molecule has 0 amide bonds. The van der Waals surface area contributed by atoms with Gasteiger partial charge in [0.1, 0.15) is 45.2 Å². The van der Waals surface area contributed by atoms with Crippen molar-refractivity contribution in [1.82, 2.24) is 0 Å². The molecule has 3 aliphatic rings. The first-order valence-corrected chi connectivity index (χ1v) is 25.9. The fraction of sp³-hybridized carbons (Fsp3) is 0.661. The molecule has 420 valence electrons. The summed E-state index contributed by atoms with van der Waals surface area (Å²) in [6.45, 7) is 18.4. The Morgan fingerprint density at radius 2 is 0.973 bits per heavy atom. The van der Waals surface area contributed by atoms with Gasteiger partial charge in [-0.15, -0.1) is 0 Å². The Morgan fingerprint density at radius 1 is 0.573 bits per heavy atom. The summed E-state index contributed by atoms with van der Waals surface area (Å²) in [7, 11) is 0. The molecule has 3 aliphatic heterocycles. The predicted molar refractivity (Wildman–Crippen MR) is 272 cm³/mol. The molecule has 0 aliphatic carbocycles. The van der Waals surface area contributed by atoms with Gasteiger partial charge in [0.2, 0.25) is 0 Å². The lowest BCUT2D eigenvalue weighted by Gasteiger charge is -2.36. The normalized spacial score (nSPS) is 18.0. The summed E-state index contributed by atoms with van der Waals surface area (Å²) in [5.74, 6) is -1.82. The minimum atomic E-state index is -1.02. The Labute approximate surface area is 442 Å². The number of rotatable bonds is 29. The highest BCUT2D eigenvalue weighted by atomic mass is 16.7. The minimum Gasteiger partial charge on any atom is -0.466 e.